The second-order valence-corrected chi connectivity index (χ2v) is 10.2. The Hall–Kier alpha value is -3.43. The number of methoxy groups -OCH3 is 1. The summed E-state index contributed by atoms with van der Waals surface area (Å²) in [4.78, 5) is 14.2. The summed E-state index contributed by atoms with van der Waals surface area (Å²) in [6, 6.07) is 27.9. The van der Waals surface area contributed by atoms with Crippen LogP contribution in [0.5, 0.6) is 0 Å². The van der Waals surface area contributed by atoms with E-state index in [0.717, 1.165) is 23.2 Å². The summed E-state index contributed by atoms with van der Waals surface area (Å²) >= 11 is 0. The third-order valence-electron chi connectivity index (χ3n) is 6.27. The molecule has 3 nitrogen and oxygen atoms in total. The zero-order valence-electron chi connectivity index (χ0n) is 21.0. The van der Waals surface area contributed by atoms with Gasteiger partial charge < -0.3 is 9.64 Å². The molecule has 4 aromatic rings. The summed E-state index contributed by atoms with van der Waals surface area (Å²) in [6.07, 6.45) is 0. The highest BCUT2D eigenvalue weighted by Gasteiger charge is 2.15. The van der Waals surface area contributed by atoms with Gasteiger partial charge in [-0.1, -0.05) is 81.4 Å². The summed E-state index contributed by atoms with van der Waals surface area (Å²) in [5.74, 6) is -0.313. The van der Waals surface area contributed by atoms with Gasteiger partial charge in [0, 0.05) is 6.54 Å². The van der Waals surface area contributed by atoms with E-state index in [0.29, 0.717) is 5.56 Å². The quantitative estimate of drug-likeness (QED) is 0.298. The van der Waals surface area contributed by atoms with Gasteiger partial charge in [0.15, 0.2) is 0 Å². The maximum Gasteiger partial charge on any atom is 0.337 e. The van der Waals surface area contributed by atoms with Crippen LogP contribution in [-0.4, -0.2) is 32.1 Å². The lowest BCUT2D eigenvalue weighted by molar-refractivity contribution is 0.0600. The predicted molar refractivity (Wildman–Crippen MR) is 142 cm³/mol. The Morgan fingerprint density at radius 2 is 1.53 bits per heavy atom. The molecule has 3 heteroatoms. The van der Waals surface area contributed by atoms with E-state index in [4.69, 9.17) is 4.74 Å². The minimum absolute atomic E-state index is 0.139. The number of nitrogens with zero attached hydrogens (tertiary/aromatic N) is 1. The number of hydrogen-bond acceptors (Lipinski definition) is 3. The van der Waals surface area contributed by atoms with Crippen molar-refractivity contribution in [1.82, 2.24) is 4.90 Å². The summed E-state index contributed by atoms with van der Waals surface area (Å²) in [6.45, 7) is 7.45. The van der Waals surface area contributed by atoms with Crippen LogP contribution in [0.15, 0.2) is 78.9 Å². The fourth-order valence-electron chi connectivity index (χ4n) is 4.44. The first-order valence-corrected chi connectivity index (χ1v) is 11.7. The maximum absolute atomic E-state index is 12.1. The van der Waals surface area contributed by atoms with E-state index in [1.165, 1.54) is 34.6 Å². The Balaban J connectivity index is 1.78. The van der Waals surface area contributed by atoms with Crippen LogP contribution < -0.4 is 0 Å². The zero-order valence-corrected chi connectivity index (χ0v) is 21.0. The molecule has 0 aliphatic heterocycles. The van der Waals surface area contributed by atoms with Crippen molar-refractivity contribution in [1.29, 1.82) is 0 Å². The van der Waals surface area contributed by atoms with Crippen molar-refractivity contribution in [2.75, 3.05) is 21.2 Å². The van der Waals surface area contributed by atoms with Crippen molar-refractivity contribution in [3.05, 3.63) is 95.6 Å². The largest absolute Gasteiger partial charge is 0.465 e. The summed E-state index contributed by atoms with van der Waals surface area (Å²) in [5, 5.41) is 2.43. The van der Waals surface area contributed by atoms with E-state index in [2.05, 4.69) is 86.3 Å². The van der Waals surface area contributed by atoms with E-state index in [9.17, 15) is 4.79 Å². The van der Waals surface area contributed by atoms with Crippen LogP contribution >= 0.6 is 0 Å². The number of carbonyl (C=O) groups excluding carboxylic acids is 1. The molecule has 0 bridgehead atoms. The monoisotopic (exact) mass is 451 g/mol. The summed E-state index contributed by atoms with van der Waals surface area (Å²) in [7, 11) is 5.48. The van der Waals surface area contributed by atoms with Crippen LogP contribution in [0.1, 0.15) is 42.3 Å². The highest BCUT2D eigenvalue weighted by atomic mass is 16.5. The fraction of sp³-hybridized carbons (Fsp3) is 0.258. The van der Waals surface area contributed by atoms with Gasteiger partial charge >= 0.3 is 5.97 Å². The van der Waals surface area contributed by atoms with Gasteiger partial charge in [0.25, 0.3) is 0 Å². The molecule has 34 heavy (non-hydrogen) atoms. The maximum atomic E-state index is 12.1. The lowest BCUT2D eigenvalue weighted by Gasteiger charge is -2.19. The number of hydrogen-bond donors (Lipinski definition) is 0. The van der Waals surface area contributed by atoms with Gasteiger partial charge in [0.2, 0.25) is 0 Å². The van der Waals surface area contributed by atoms with Gasteiger partial charge in [-0.15, -0.1) is 0 Å². The Bertz CT molecular complexity index is 1330. The van der Waals surface area contributed by atoms with E-state index >= 15 is 0 Å². The Morgan fingerprint density at radius 3 is 2.18 bits per heavy atom. The standard InChI is InChI=1S/C31H33NO2/c1-31(2,3)26-14-10-21(11-15-26)28-9-7-8-22-18-23(12-17-29(22)28)27-16-13-24(30(33)34-6)19-25(27)20-32(4)5/h7-19H,20H2,1-6H3. The van der Waals surface area contributed by atoms with Gasteiger partial charge in [-0.3, -0.25) is 0 Å². The molecular weight excluding hydrogens is 418 g/mol. The molecule has 4 aromatic carbocycles. The lowest BCUT2D eigenvalue weighted by atomic mass is 9.86. The highest BCUT2D eigenvalue weighted by Crippen LogP contribution is 2.34. The van der Waals surface area contributed by atoms with Gasteiger partial charge in [-0.2, -0.15) is 0 Å². The first kappa shape index (κ1) is 23.7. The minimum atomic E-state index is -0.313. The molecular formula is C31H33NO2. The second kappa shape index (κ2) is 9.44. The van der Waals surface area contributed by atoms with Crippen LogP contribution in [0.3, 0.4) is 0 Å². The second-order valence-electron chi connectivity index (χ2n) is 10.2. The van der Waals surface area contributed by atoms with Crippen molar-refractivity contribution in [3.8, 4) is 22.3 Å². The molecule has 0 aliphatic rings. The van der Waals surface area contributed by atoms with Crippen molar-refractivity contribution in [3.63, 3.8) is 0 Å². The molecule has 0 N–H and O–H groups in total. The molecule has 0 fully saturated rings. The highest BCUT2D eigenvalue weighted by molar-refractivity contribution is 5.99. The lowest BCUT2D eigenvalue weighted by Crippen LogP contribution is -2.12. The molecule has 0 amide bonds. The smallest absolute Gasteiger partial charge is 0.337 e. The van der Waals surface area contributed by atoms with Crippen LogP contribution in [0, 0.1) is 0 Å². The van der Waals surface area contributed by atoms with E-state index in [1.807, 2.05) is 32.3 Å². The first-order valence-electron chi connectivity index (χ1n) is 11.7. The number of esters is 1. The third-order valence-corrected chi connectivity index (χ3v) is 6.27. The molecule has 0 heterocycles. The number of carbonyl (C=O) groups is 1. The molecule has 0 saturated carbocycles. The van der Waals surface area contributed by atoms with E-state index in [-0.39, 0.29) is 11.4 Å². The predicted octanol–water partition coefficient (Wildman–Crippen LogP) is 7.32. The van der Waals surface area contributed by atoms with Crippen molar-refractivity contribution < 1.29 is 9.53 Å². The van der Waals surface area contributed by atoms with E-state index < -0.39 is 0 Å². The molecule has 4 rings (SSSR count). The first-order chi connectivity index (χ1) is 16.2. The number of ether oxygens (including phenoxy) is 1. The van der Waals surface area contributed by atoms with E-state index in [1.54, 1.807) is 0 Å². The van der Waals surface area contributed by atoms with Crippen molar-refractivity contribution >= 4 is 16.7 Å². The molecule has 0 radical (unpaired) electrons. The number of benzene rings is 4. The van der Waals surface area contributed by atoms with Crippen LogP contribution in [-0.2, 0) is 16.7 Å². The Labute approximate surface area is 203 Å². The summed E-state index contributed by atoms with van der Waals surface area (Å²) < 4.78 is 4.93. The van der Waals surface area contributed by atoms with Crippen molar-refractivity contribution in [2.45, 2.75) is 32.7 Å². The summed E-state index contributed by atoms with van der Waals surface area (Å²) in [5.41, 5.74) is 7.87. The van der Waals surface area contributed by atoms with Crippen LogP contribution in [0.4, 0.5) is 0 Å². The molecule has 0 aromatic heterocycles. The zero-order chi connectivity index (χ0) is 24.5. The molecule has 174 valence electrons. The van der Waals surface area contributed by atoms with Crippen LogP contribution in [0.2, 0.25) is 0 Å². The molecule has 0 saturated heterocycles. The SMILES string of the molecule is COC(=O)c1ccc(-c2ccc3c(-c4ccc(C(C)(C)C)cc4)cccc3c2)c(CN(C)C)c1. The Morgan fingerprint density at radius 1 is 0.824 bits per heavy atom. The van der Waals surface area contributed by atoms with Crippen LogP contribution in [0.25, 0.3) is 33.0 Å². The van der Waals surface area contributed by atoms with Gasteiger partial charge in [-0.05, 0) is 81.9 Å². The molecule has 0 aliphatic carbocycles. The van der Waals surface area contributed by atoms with Gasteiger partial charge in [0.1, 0.15) is 0 Å². The molecule has 0 atom stereocenters. The van der Waals surface area contributed by atoms with Crippen molar-refractivity contribution in [2.24, 2.45) is 0 Å². The van der Waals surface area contributed by atoms with Gasteiger partial charge in [-0.25, -0.2) is 4.79 Å². The normalized spacial score (nSPS) is 11.7. The molecule has 0 spiro atoms. The van der Waals surface area contributed by atoms with Gasteiger partial charge in [0.05, 0.1) is 12.7 Å². The third kappa shape index (κ3) is 4.90. The Kier molecular flexibility index (Phi) is 6.58. The fourth-order valence-corrected chi connectivity index (χ4v) is 4.44. The topological polar surface area (TPSA) is 29.5 Å². The average molecular weight is 452 g/mol. The molecule has 0 unspecified atom stereocenters. The number of rotatable bonds is 5. The minimum Gasteiger partial charge on any atom is -0.465 e. The average Bonchev–Trinajstić information content (AvgIpc) is 2.82. The number of fused-ring (bicyclic) bond motifs is 1.